The van der Waals surface area contributed by atoms with Crippen LogP contribution in [0.25, 0.3) is 0 Å². The molecule has 0 aromatic carbocycles. The molecule has 0 radical (unpaired) electrons. The van der Waals surface area contributed by atoms with Crippen LogP contribution < -0.4 is 16.4 Å². The number of carboxylic acids is 1. The summed E-state index contributed by atoms with van der Waals surface area (Å²) in [7, 11) is 2.91. The zero-order valence-electron chi connectivity index (χ0n) is 9.44. The lowest BCUT2D eigenvalue weighted by Crippen LogP contribution is -2.40. The topological polar surface area (TPSA) is 84.1 Å². The SMILES string of the molecule is Cc1c(CCC(=O)[O-])c(=O)n(C)c(=O)n1C. The van der Waals surface area contributed by atoms with E-state index >= 15 is 0 Å². The summed E-state index contributed by atoms with van der Waals surface area (Å²) >= 11 is 0. The van der Waals surface area contributed by atoms with Crippen molar-refractivity contribution in [1.82, 2.24) is 9.13 Å². The molecule has 0 amide bonds. The summed E-state index contributed by atoms with van der Waals surface area (Å²) < 4.78 is 2.30. The predicted molar refractivity (Wildman–Crippen MR) is 55.0 cm³/mol. The average Bonchev–Trinajstić information content (AvgIpc) is 2.23. The molecule has 0 saturated heterocycles. The number of aliphatic carboxylic acids is 1. The van der Waals surface area contributed by atoms with E-state index in [9.17, 15) is 19.5 Å². The van der Waals surface area contributed by atoms with Crippen molar-refractivity contribution in [1.29, 1.82) is 0 Å². The molecule has 1 heterocycles. The van der Waals surface area contributed by atoms with Gasteiger partial charge in [0.15, 0.2) is 0 Å². The molecule has 0 unspecified atom stereocenters. The minimum Gasteiger partial charge on any atom is -0.550 e. The Morgan fingerprint density at radius 3 is 2.31 bits per heavy atom. The molecule has 0 bridgehead atoms. The van der Waals surface area contributed by atoms with E-state index in [2.05, 4.69) is 0 Å². The Morgan fingerprint density at radius 1 is 1.25 bits per heavy atom. The fraction of sp³-hybridized carbons (Fsp3) is 0.500. The molecule has 1 aromatic heterocycles. The van der Waals surface area contributed by atoms with Crippen LogP contribution in [0.1, 0.15) is 17.7 Å². The molecule has 0 aliphatic heterocycles. The minimum absolute atomic E-state index is 0.0783. The smallest absolute Gasteiger partial charge is 0.330 e. The molecule has 0 atom stereocenters. The van der Waals surface area contributed by atoms with Crippen molar-refractivity contribution in [3.8, 4) is 0 Å². The van der Waals surface area contributed by atoms with E-state index < -0.39 is 17.2 Å². The largest absolute Gasteiger partial charge is 0.550 e. The molecule has 0 N–H and O–H groups in total. The standard InChI is InChI=1S/C10H14N2O4/c1-6-7(4-5-8(13)14)9(15)12(3)10(16)11(6)2/h4-5H2,1-3H3,(H,13,14)/p-1. The number of rotatable bonds is 3. The number of hydrogen-bond acceptors (Lipinski definition) is 4. The fourth-order valence-electron chi connectivity index (χ4n) is 1.53. The van der Waals surface area contributed by atoms with Gasteiger partial charge in [0.2, 0.25) is 0 Å². The summed E-state index contributed by atoms with van der Waals surface area (Å²) in [5.41, 5.74) is -0.0234. The summed E-state index contributed by atoms with van der Waals surface area (Å²) in [6.07, 6.45) is -0.150. The van der Waals surface area contributed by atoms with Crippen molar-refractivity contribution in [2.75, 3.05) is 0 Å². The Labute approximate surface area is 91.8 Å². The second kappa shape index (κ2) is 4.34. The Bertz CT molecular complexity index is 539. The summed E-state index contributed by atoms with van der Waals surface area (Å²) in [5.74, 6) is -1.21. The van der Waals surface area contributed by atoms with Gasteiger partial charge in [-0.3, -0.25) is 9.36 Å². The van der Waals surface area contributed by atoms with Gasteiger partial charge in [0.05, 0.1) is 0 Å². The van der Waals surface area contributed by atoms with Crippen molar-refractivity contribution in [2.24, 2.45) is 14.1 Å². The van der Waals surface area contributed by atoms with Crippen LogP contribution in [0.3, 0.4) is 0 Å². The van der Waals surface area contributed by atoms with Gasteiger partial charge >= 0.3 is 5.69 Å². The van der Waals surface area contributed by atoms with Crippen molar-refractivity contribution < 1.29 is 9.90 Å². The molecule has 1 aromatic rings. The molecular formula is C10H13N2O4-. The lowest BCUT2D eigenvalue weighted by Gasteiger charge is -2.11. The maximum Gasteiger partial charge on any atom is 0.330 e. The highest BCUT2D eigenvalue weighted by molar-refractivity contribution is 5.64. The van der Waals surface area contributed by atoms with E-state index in [1.165, 1.54) is 11.6 Å². The Hall–Kier alpha value is -1.85. The van der Waals surface area contributed by atoms with Gasteiger partial charge in [0, 0.05) is 31.3 Å². The molecule has 16 heavy (non-hydrogen) atoms. The number of carboxylic acid groups (broad SMARTS) is 1. The lowest BCUT2D eigenvalue weighted by molar-refractivity contribution is -0.305. The number of hydrogen-bond donors (Lipinski definition) is 0. The Morgan fingerprint density at radius 2 is 1.81 bits per heavy atom. The van der Waals surface area contributed by atoms with Crippen LogP contribution in [0, 0.1) is 6.92 Å². The van der Waals surface area contributed by atoms with Crippen LogP contribution in [-0.2, 0) is 25.3 Å². The fourth-order valence-corrected chi connectivity index (χ4v) is 1.53. The second-order valence-electron chi connectivity index (χ2n) is 3.64. The summed E-state index contributed by atoms with van der Waals surface area (Å²) in [4.78, 5) is 33.6. The lowest BCUT2D eigenvalue weighted by atomic mass is 10.1. The minimum atomic E-state index is -1.21. The van der Waals surface area contributed by atoms with Gasteiger partial charge in [-0.1, -0.05) is 0 Å². The first-order valence-electron chi connectivity index (χ1n) is 4.81. The number of nitrogens with zero attached hydrogens (tertiary/aromatic N) is 2. The molecule has 0 spiro atoms. The molecule has 0 aliphatic carbocycles. The van der Waals surface area contributed by atoms with E-state index in [1.54, 1.807) is 14.0 Å². The molecule has 0 aliphatic rings. The molecule has 88 valence electrons. The van der Waals surface area contributed by atoms with Crippen LogP contribution in [0.4, 0.5) is 0 Å². The summed E-state index contributed by atoms with van der Waals surface area (Å²) in [5, 5.41) is 10.3. The average molecular weight is 225 g/mol. The highest BCUT2D eigenvalue weighted by Gasteiger charge is 2.11. The molecule has 6 heteroatoms. The van der Waals surface area contributed by atoms with Crippen LogP contribution in [0.15, 0.2) is 9.59 Å². The van der Waals surface area contributed by atoms with Crippen molar-refractivity contribution in [3.05, 3.63) is 32.1 Å². The van der Waals surface area contributed by atoms with Gasteiger partial charge in [0.25, 0.3) is 5.56 Å². The van der Waals surface area contributed by atoms with E-state index in [4.69, 9.17) is 0 Å². The number of aromatic nitrogens is 2. The van der Waals surface area contributed by atoms with Gasteiger partial charge in [-0.25, -0.2) is 4.79 Å². The monoisotopic (exact) mass is 225 g/mol. The third-order valence-corrected chi connectivity index (χ3v) is 2.66. The van der Waals surface area contributed by atoms with Crippen molar-refractivity contribution in [3.63, 3.8) is 0 Å². The van der Waals surface area contributed by atoms with Gasteiger partial charge in [0.1, 0.15) is 0 Å². The third kappa shape index (κ3) is 2.05. The maximum atomic E-state index is 11.7. The first kappa shape index (κ1) is 12.2. The Balaban J connectivity index is 3.35. The van der Waals surface area contributed by atoms with Gasteiger partial charge < -0.3 is 14.5 Å². The van der Waals surface area contributed by atoms with Crippen molar-refractivity contribution in [2.45, 2.75) is 19.8 Å². The molecule has 0 saturated carbocycles. The highest BCUT2D eigenvalue weighted by atomic mass is 16.4. The van der Waals surface area contributed by atoms with Gasteiger partial charge in [-0.2, -0.15) is 0 Å². The molecule has 6 nitrogen and oxygen atoms in total. The Kier molecular flexibility index (Phi) is 3.31. The van der Waals surface area contributed by atoms with Gasteiger partial charge in [-0.05, 0) is 19.8 Å². The van der Waals surface area contributed by atoms with Crippen LogP contribution >= 0.6 is 0 Å². The maximum absolute atomic E-state index is 11.7. The molecular weight excluding hydrogens is 212 g/mol. The van der Waals surface area contributed by atoms with E-state index in [-0.39, 0.29) is 12.8 Å². The quantitative estimate of drug-likeness (QED) is 0.600. The zero-order valence-corrected chi connectivity index (χ0v) is 9.44. The predicted octanol–water partition coefficient (Wildman–Crippen LogP) is -1.93. The normalized spacial score (nSPS) is 10.4. The number of carbonyl (C=O) groups excluding carboxylic acids is 1. The van der Waals surface area contributed by atoms with Crippen LogP contribution in [-0.4, -0.2) is 15.1 Å². The highest BCUT2D eigenvalue weighted by Crippen LogP contribution is 2.01. The number of carbonyl (C=O) groups is 1. The first-order valence-corrected chi connectivity index (χ1v) is 4.81. The van der Waals surface area contributed by atoms with Gasteiger partial charge in [-0.15, -0.1) is 0 Å². The second-order valence-corrected chi connectivity index (χ2v) is 3.64. The summed E-state index contributed by atoms with van der Waals surface area (Å²) in [6, 6.07) is 0. The van der Waals surface area contributed by atoms with Crippen LogP contribution in [0.5, 0.6) is 0 Å². The van der Waals surface area contributed by atoms with Crippen LogP contribution in [0.2, 0.25) is 0 Å². The first-order chi connectivity index (χ1) is 7.36. The molecule has 1 rings (SSSR count). The van der Waals surface area contributed by atoms with E-state index in [0.717, 1.165) is 4.57 Å². The zero-order chi connectivity index (χ0) is 12.5. The molecule has 0 fully saturated rings. The van der Waals surface area contributed by atoms with Crippen molar-refractivity contribution >= 4 is 5.97 Å². The van der Waals surface area contributed by atoms with E-state index in [0.29, 0.717) is 11.3 Å². The third-order valence-electron chi connectivity index (χ3n) is 2.66. The van der Waals surface area contributed by atoms with E-state index in [1.807, 2.05) is 0 Å². The summed E-state index contributed by atoms with van der Waals surface area (Å²) in [6.45, 7) is 1.62.